The van der Waals surface area contributed by atoms with Crippen molar-refractivity contribution in [3.8, 4) is 6.07 Å². The second kappa shape index (κ2) is 6.44. The van der Waals surface area contributed by atoms with Crippen molar-refractivity contribution in [1.82, 2.24) is 0 Å². The van der Waals surface area contributed by atoms with Gasteiger partial charge in [-0.15, -0.1) is 0 Å². The van der Waals surface area contributed by atoms with Gasteiger partial charge in [0, 0.05) is 0 Å². The highest BCUT2D eigenvalue weighted by Crippen LogP contribution is 2.05. The van der Waals surface area contributed by atoms with Crippen LogP contribution in [0.25, 0.3) is 0 Å². The molecule has 0 amide bonds. The van der Waals surface area contributed by atoms with Gasteiger partial charge < -0.3 is 0 Å². The molecule has 0 aliphatic heterocycles. The molecule has 0 radical (unpaired) electrons. The van der Waals surface area contributed by atoms with Gasteiger partial charge in [-0.1, -0.05) is 42.0 Å². The summed E-state index contributed by atoms with van der Waals surface area (Å²) in [5, 5.41) is 17.0. The van der Waals surface area contributed by atoms with E-state index in [1.165, 1.54) is 5.56 Å². The molecule has 0 saturated heterocycles. The number of aryl methyl sites for hydroxylation is 1. The molecule has 0 aromatic heterocycles. The molecule has 0 N–H and O–H groups in total. The lowest BCUT2D eigenvalue weighted by Crippen LogP contribution is -1.93. The van der Waals surface area contributed by atoms with Gasteiger partial charge in [-0.25, -0.2) is 0 Å². The van der Waals surface area contributed by atoms with Crippen LogP contribution < -0.4 is 0 Å². The third kappa shape index (κ3) is 3.63. The quantitative estimate of drug-likeness (QED) is 0.613. The van der Waals surface area contributed by atoms with Gasteiger partial charge in [0.05, 0.1) is 23.6 Å². The molecule has 3 heteroatoms. The fraction of sp³-hybridized carbons (Fsp3) is 0.118. The maximum Gasteiger partial charge on any atom is 0.0991 e. The first-order chi connectivity index (χ1) is 9.69. The monoisotopic (exact) mass is 261 g/mol. The molecule has 2 aromatic rings. The Morgan fingerprint density at radius 3 is 2.30 bits per heavy atom. The summed E-state index contributed by atoms with van der Waals surface area (Å²) in [5.74, 6) is 0. The maximum absolute atomic E-state index is 8.75. The zero-order valence-corrected chi connectivity index (χ0v) is 11.5. The van der Waals surface area contributed by atoms with Crippen molar-refractivity contribution in [2.24, 2.45) is 10.2 Å². The number of hydrogen-bond acceptors (Lipinski definition) is 3. The van der Waals surface area contributed by atoms with E-state index in [2.05, 4.69) is 16.3 Å². The molecule has 2 aromatic carbocycles. The van der Waals surface area contributed by atoms with Crippen LogP contribution in [0.3, 0.4) is 0 Å². The van der Waals surface area contributed by atoms with Crippen LogP contribution in [0.2, 0.25) is 0 Å². The van der Waals surface area contributed by atoms with Gasteiger partial charge in [0.2, 0.25) is 0 Å². The third-order valence-corrected chi connectivity index (χ3v) is 2.92. The molecule has 0 saturated carbocycles. The van der Waals surface area contributed by atoms with Gasteiger partial charge in [0.25, 0.3) is 0 Å². The minimum Gasteiger partial charge on any atom is -0.192 e. The van der Waals surface area contributed by atoms with E-state index in [4.69, 9.17) is 5.26 Å². The average molecular weight is 261 g/mol. The fourth-order valence-electron chi connectivity index (χ4n) is 1.68. The third-order valence-electron chi connectivity index (χ3n) is 2.92. The summed E-state index contributed by atoms with van der Waals surface area (Å²) in [6.45, 7) is 3.95. The summed E-state index contributed by atoms with van der Waals surface area (Å²) in [7, 11) is 0. The lowest BCUT2D eigenvalue weighted by Gasteiger charge is -1.98. The topological polar surface area (TPSA) is 48.5 Å². The van der Waals surface area contributed by atoms with Gasteiger partial charge in [-0.05, 0) is 37.1 Å². The van der Waals surface area contributed by atoms with Crippen LogP contribution in [-0.4, -0.2) is 11.9 Å². The summed E-state index contributed by atoms with van der Waals surface area (Å²) >= 11 is 0. The summed E-state index contributed by atoms with van der Waals surface area (Å²) in [4.78, 5) is 0. The highest BCUT2D eigenvalue weighted by atomic mass is 15.2. The lowest BCUT2D eigenvalue weighted by atomic mass is 10.1. The number of hydrogen-bond donors (Lipinski definition) is 0. The van der Waals surface area contributed by atoms with Crippen molar-refractivity contribution >= 4 is 11.9 Å². The average Bonchev–Trinajstić information content (AvgIpc) is 2.49. The van der Waals surface area contributed by atoms with Crippen LogP contribution in [0.1, 0.15) is 29.2 Å². The van der Waals surface area contributed by atoms with Crippen LogP contribution in [0.5, 0.6) is 0 Å². The standard InChI is InChI=1S/C17H15N3/c1-13-3-5-16(6-4-13)12-19-20-14(2)17-9-7-15(11-18)8-10-17/h3-10,12H,1-2H3/b19-12-,20-14-. The van der Waals surface area contributed by atoms with Gasteiger partial charge in [-0.2, -0.15) is 15.5 Å². The number of nitrogens with zero attached hydrogens (tertiary/aromatic N) is 3. The second-order valence-corrected chi connectivity index (χ2v) is 4.53. The summed E-state index contributed by atoms with van der Waals surface area (Å²) in [6, 6.07) is 17.5. The van der Waals surface area contributed by atoms with Crippen molar-refractivity contribution in [2.45, 2.75) is 13.8 Å². The summed E-state index contributed by atoms with van der Waals surface area (Å²) in [5.41, 5.74) is 4.67. The zero-order chi connectivity index (χ0) is 14.4. The van der Waals surface area contributed by atoms with E-state index in [-0.39, 0.29) is 0 Å². The zero-order valence-electron chi connectivity index (χ0n) is 11.5. The van der Waals surface area contributed by atoms with Crippen molar-refractivity contribution in [2.75, 3.05) is 0 Å². The van der Waals surface area contributed by atoms with Crippen molar-refractivity contribution in [3.63, 3.8) is 0 Å². The molecule has 0 aliphatic carbocycles. The first kappa shape index (κ1) is 13.7. The molecular formula is C17H15N3. The highest BCUT2D eigenvalue weighted by Gasteiger charge is 1.97. The number of rotatable bonds is 3. The predicted molar refractivity (Wildman–Crippen MR) is 82.1 cm³/mol. The molecule has 98 valence electrons. The number of benzene rings is 2. The molecule has 0 spiro atoms. The second-order valence-electron chi connectivity index (χ2n) is 4.53. The van der Waals surface area contributed by atoms with Crippen LogP contribution >= 0.6 is 0 Å². The Labute approximate surface area is 118 Å². The Balaban J connectivity index is 2.10. The van der Waals surface area contributed by atoms with Crippen LogP contribution in [0.4, 0.5) is 0 Å². The van der Waals surface area contributed by atoms with Crippen LogP contribution in [0.15, 0.2) is 58.7 Å². The van der Waals surface area contributed by atoms with Gasteiger partial charge >= 0.3 is 0 Å². The van der Waals surface area contributed by atoms with Crippen LogP contribution in [0, 0.1) is 18.3 Å². The Morgan fingerprint density at radius 1 is 1.05 bits per heavy atom. The molecule has 0 unspecified atom stereocenters. The molecule has 0 heterocycles. The minimum atomic E-state index is 0.643. The molecular weight excluding hydrogens is 246 g/mol. The van der Waals surface area contributed by atoms with Gasteiger partial charge in [-0.3, -0.25) is 0 Å². The van der Waals surface area contributed by atoms with Gasteiger partial charge in [0.1, 0.15) is 0 Å². The Bertz CT molecular complexity index is 672. The molecule has 0 fully saturated rings. The Morgan fingerprint density at radius 2 is 1.70 bits per heavy atom. The molecule has 0 aliphatic rings. The molecule has 0 atom stereocenters. The van der Waals surface area contributed by atoms with E-state index in [1.54, 1.807) is 18.3 Å². The largest absolute Gasteiger partial charge is 0.192 e. The van der Waals surface area contributed by atoms with Crippen molar-refractivity contribution in [1.29, 1.82) is 5.26 Å². The smallest absolute Gasteiger partial charge is 0.0991 e. The molecule has 3 nitrogen and oxygen atoms in total. The summed E-state index contributed by atoms with van der Waals surface area (Å²) in [6.07, 6.45) is 1.73. The SMILES string of the molecule is C/C(=N/N=C\c1ccc(C)cc1)c1ccc(C#N)cc1. The highest BCUT2D eigenvalue weighted by molar-refractivity contribution is 5.99. The Hall–Kier alpha value is -2.73. The summed E-state index contributed by atoms with van der Waals surface area (Å²) < 4.78 is 0. The van der Waals surface area contributed by atoms with Crippen LogP contribution in [-0.2, 0) is 0 Å². The normalized spacial score (nSPS) is 11.6. The lowest BCUT2D eigenvalue weighted by molar-refractivity contribution is 1.24. The number of nitriles is 1. The first-order valence-corrected chi connectivity index (χ1v) is 6.34. The predicted octanol–water partition coefficient (Wildman–Crippen LogP) is 3.71. The molecule has 0 bridgehead atoms. The molecule has 20 heavy (non-hydrogen) atoms. The van der Waals surface area contributed by atoms with Crippen molar-refractivity contribution < 1.29 is 0 Å². The fourth-order valence-corrected chi connectivity index (χ4v) is 1.68. The molecule has 2 rings (SSSR count). The van der Waals surface area contributed by atoms with E-state index >= 15 is 0 Å². The van der Waals surface area contributed by atoms with E-state index in [0.717, 1.165) is 16.8 Å². The van der Waals surface area contributed by atoms with E-state index in [1.807, 2.05) is 50.2 Å². The van der Waals surface area contributed by atoms with E-state index in [9.17, 15) is 0 Å². The van der Waals surface area contributed by atoms with E-state index in [0.29, 0.717) is 5.56 Å². The van der Waals surface area contributed by atoms with Gasteiger partial charge in [0.15, 0.2) is 0 Å². The first-order valence-electron chi connectivity index (χ1n) is 6.34. The minimum absolute atomic E-state index is 0.643. The Kier molecular flexibility index (Phi) is 4.41. The maximum atomic E-state index is 8.75. The van der Waals surface area contributed by atoms with E-state index < -0.39 is 0 Å². The van der Waals surface area contributed by atoms with Crippen molar-refractivity contribution in [3.05, 3.63) is 70.8 Å².